The molecule has 0 heterocycles. The zero-order valence-electron chi connectivity index (χ0n) is 54.4. The van der Waals surface area contributed by atoms with E-state index in [-0.39, 0.29) is 31.1 Å². The predicted octanol–water partition coefficient (Wildman–Crippen LogP) is 24.3. The summed E-state index contributed by atoms with van der Waals surface area (Å²) in [7, 11) is 0. The van der Waals surface area contributed by atoms with Crippen molar-refractivity contribution in [1.82, 2.24) is 0 Å². The maximum Gasteiger partial charge on any atom is 0.306 e. The molecule has 0 fully saturated rings. The first-order chi connectivity index (χ1) is 41.0. The Hall–Kier alpha value is -4.19. The summed E-state index contributed by atoms with van der Waals surface area (Å²) in [6.07, 6.45) is 97.8. The molecular weight excluding hydrogens is 1020 g/mol. The quantitative estimate of drug-likeness (QED) is 0.0261. The van der Waals surface area contributed by atoms with Gasteiger partial charge in [0.05, 0.1) is 0 Å². The molecule has 1 unspecified atom stereocenters. The Morgan fingerprint density at radius 1 is 0.253 bits per heavy atom. The van der Waals surface area contributed by atoms with E-state index in [2.05, 4.69) is 142 Å². The van der Waals surface area contributed by atoms with Gasteiger partial charge in [-0.05, 0) is 135 Å². The molecule has 6 heteroatoms. The summed E-state index contributed by atoms with van der Waals surface area (Å²) in [4.78, 5) is 38.4. The molecule has 0 aromatic carbocycles. The second-order valence-corrected chi connectivity index (χ2v) is 23.1. The SMILES string of the molecule is CC/C=C\C/C=C\C/C=C\C/C=C\C/C=C\C/C=C\CCCCCCCCCCCCC(=O)OCC(COC(=O)CCCCCCC/C=C\CCCCCC)OC(=O)CCCCCCCCCC/C=C\C/C=C\C/C=C\CCCCCCC. The molecule has 83 heavy (non-hydrogen) atoms. The van der Waals surface area contributed by atoms with Gasteiger partial charge in [-0.3, -0.25) is 14.4 Å². The van der Waals surface area contributed by atoms with E-state index in [1.165, 1.54) is 167 Å². The Kier molecular flexibility index (Phi) is 66.7. The minimum atomic E-state index is -0.792. The van der Waals surface area contributed by atoms with Crippen LogP contribution in [0.1, 0.15) is 329 Å². The number of carbonyl (C=O) groups excluding carboxylic acids is 3. The molecule has 1 atom stereocenters. The van der Waals surface area contributed by atoms with Gasteiger partial charge in [0.15, 0.2) is 6.10 Å². The molecule has 0 rings (SSSR count). The van der Waals surface area contributed by atoms with Gasteiger partial charge in [0.25, 0.3) is 0 Å². The third-order valence-electron chi connectivity index (χ3n) is 14.9. The van der Waals surface area contributed by atoms with E-state index in [4.69, 9.17) is 14.2 Å². The number of allylic oxidation sites excluding steroid dienone is 20. The van der Waals surface area contributed by atoms with E-state index in [1.807, 2.05) is 0 Å². The fourth-order valence-electron chi connectivity index (χ4n) is 9.68. The van der Waals surface area contributed by atoms with Crippen molar-refractivity contribution in [2.45, 2.75) is 335 Å². The Balaban J connectivity index is 4.33. The van der Waals surface area contributed by atoms with Crippen LogP contribution in [-0.2, 0) is 28.6 Å². The van der Waals surface area contributed by atoms with Crippen LogP contribution in [0.3, 0.4) is 0 Å². The maximum atomic E-state index is 13.0. The van der Waals surface area contributed by atoms with E-state index in [9.17, 15) is 14.4 Å². The largest absolute Gasteiger partial charge is 0.462 e. The summed E-state index contributed by atoms with van der Waals surface area (Å²) >= 11 is 0. The van der Waals surface area contributed by atoms with Crippen LogP contribution in [0.25, 0.3) is 0 Å². The lowest BCUT2D eigenvalue weighted by molar-refractivity contribution is -0.167. The van der Waals surface area contributed by atoms with Gasteiger partial charge in [-0.25, -0.2) is 0 Å². The van der Waals surface area contributed by atoms with E-state index >= 15 is 0 Å². The molecule has 0 N–H and O–H groups in total. The van der Waals surface area contributed by atoms with Crippen LogP contribution in [-0.4, -0.2) is 37.2 Å². The number of hydrogen-bond acceptors (Lipinski definition) is 6. The first-order valence-electron chi connectivity index (χ1n) is 35.0. The minimum Gasteiger partial charge on any atom is -0.462 e. The molecule has 0 radical (unpaired) electrons. The zero-order valence-corrected chi connectivity index (χ0v) is 54.4. The lowest BCUT2D eigenvalue weighted by Gasteiger charge is -2.18. The van der Waals surface area contributed by atoms with Crippen molar-refractivity contribution in [3.63, 3.8) is 0 Å². The highest BCUT2D eigenvalue weighted by molar-refractivity contribution is 5.71. The molecule has 0 aliphatic heterocycles. The van der Waals surface area contributed by atoms with Crippen molar-refractivity contribution in [3.05, 3.63) is 122 Å². The third-order valence-corrected chi connectivity index (χ3v) is 14.9. The highest BCUT2D eigenvalue weighted by Gasteiger charge is 2.19. The van der Waals surface area contributed by atoms with Gasteiger partial charge in [-0.15, -0.1) is 0 Å². The van der Waals surface area contributed by atoms with Gasteiger partial charge in [-0.2, -0.15) is 0 Å². The van der Waals surface area contributed by atoms with E-state index in [0.29, 0.717) is 19.3 Å². The molecular formula is C77H130O6. The number of carbonyl (C=O) groups is 3. The fourth-order valence-corrected chi connectivity index (χ4v) is 9.68. The Bertz CT molecular complexity index is 1700. The average Bonchev–Trinajstić information content (AvgIpc) is 3.49. The highest BCUT2D eigenvalue weighted by Crippen LogP contribution is 2.16. The van der Waals surface area contributed by atoms with Gasteiger partial charge >= 0.3 is 17.9 Å². The van der Waals surface area contributed by atoms with E-state index in [0.717, 1.165) is 122 Å². The molecule has 6 nitrogen and oxygen atoms in total. The summed E-state index contributed by atoms with van der Waals surface area (Å²) < 4.78 is 17.0. The van der Waals surface area contributed by atoms with Gasteiger partial charge in [0.1, 0.15) is 13.2 Å². The monoisotopic (exact) mass is 1150 g/mol. The van der Waals surface area contributed by atoms with Crippen LogP contribution in [0.2, 0.25) is 0 Å². The molecule has 0 aliphatic rings. The second kappa shape index (κ2) is 70.3. The Labute approximate surface area is 513 Å². The summed E-state index contributed by atoms with van der Waals surface area (Å²) in [5.74, 6) is -0.897. The number of unbranched alkanes of at least 4 members (excludes halogenated alkanes) is 32. The van der Waals surface area contributed by atoms with Crippen molar-refractivity contribution in [3.8, 4) is 0 Å². The van der Waals surface area contributed by atoms with Crippen LogP contribution in [0, 0.1) is 0 Å². The van der Waals surface area contributed by atoms with Gasteiger partial charge in [0.2, 0.25) is 0 Å². The average molecular weight is 1150 g/mol. The second-order valence-electron chi connectivity index (χ2n) is 23.1. The summed E-state index contributed by atoms with van der Waals surface area (Å²) in [6.45, 7) is 6.51. The number of rotatable bonds is 63. The third kappa shape index (κ3) is 68.5. The van der Waals surface area contributed by atoms with Crippen molar-refractivity contribution < 1.29 is 28.6 Å². The van der Waals surface area contributed by atoms with Gasteiger partial charge < -0.3 is 14.2 Å². The van der Waals surface area contributed by atoms with Crippen molar-refractivity contribution in [1.29, 1.82) is 0 Å². The molecule has 0 bridgehead atoms. The number of esters is 3. The molecule has 0 aliphatic carbocycles. The molecule has 0 saturated heterocycles. The van der Waals surface area contributed by atoms with Crippen LogP contribution in [0.15, 0.2) is 122 Å². The Morgan fingerprint density at radius 3 is 0.759 bits per heavy atom. The molecule has 0 saturated carbocycles. The maximum absolute atomic E-state index is 13.0. The van der Waals surface area contributed by atoms with E-state index in [1.54, 1.807) is 0 Å². The first kappa shape index (κ1) is 78.8. The van der Waals surface area contributed by atoms with Crippen LogP contribution in [0.4, 0.5) is 0 Å². The van der Waals surface area contributed by atoms with Crippen molar-refractivity contribution >= 4 is 17.9 Å². The molecule has 0 aromatic rings. The van der Waals surface area contributed by atoms with E-state index < -0.39 is 6.10 Å². The zero-order chi connectivity index (χ0) is 59.9. The van der Waals surface area contributed by atoms with Gasteiger partial charge in [-0.1, -0.05) is 296 Å². The fraction of sp³-hybridized carbons (Fsp3) is 0.701. The predicted molar refractivity (Wildman–Crippen MR) is 362 cm³/mol. The van der Waals surface area contributed by atoms with Gasteiger partial charge in [0, 0.05) is 19.3 Å². The van der Waals surface area contributed by atoms with Crippen molar-refractivity contribution in [2.75, 3.05) is 13.2 Å². The lowest BCUT2D eigenvalue weighted by Crippen LogP contribution is -2.30. The molecule has 0 amide bonds. The summed E-state index contributed by atoms with van der Waals surface area (Å²) in [5.41, 5.74) is 0. The topological polar surface area (TPSA) is 78.9 Å². The van der Waals surface area contributed by atoms with Crippen LogP contribution >= 0.6 is 0 Å². The van der Waals surface area contributed by atoms with Crippen LogP contribution < -0.4 is 0 Å². The summed E-state index contributed by atoms with van der Waals surface area (Å²) in [5, 5.41) is 0. The molecule has 474 valence electrons. The standard InChI is InChI=1S/C77H130O6/c1-4-7-10-13-16-19-22-25-27-29-31-33-35-36-37-38-39-40-42-43-45-47-49-52-55-58-61-64-67-70-76(79)82-73-74(72-81-75(78)69-66-63-60-57-54-51-24-21-18-15-12-9-6-3)83-77(80)71-68-65-62-59-56-53-50-48-46-44-41-34-32-30-28-26-23-20-17-14-11-8-5-2/h7,10,16,19,21,23-27,30-33,36-37,39-41,44,74H,4-6,8-9,11-15,17-18,20,22,28-29,34-35,38,42-43,45-73H2,1-3H3/b10-7-,19-16-,24-21-,26-23-,27-25-,32-30-,33-31-,37-36-,40-39-,44-41-. The van der Waals surface area contributed by atoms with Crippen LogP contribution in [0.5, 0.6) is 0 Å². The number of ether oxygens (including phenoxy) is 3. The summed E-state index contributed by atoms with van der Waals surface area (Å²) in [6, 6.07) is 0. The van der Waals surface area contributed by atoms with Crippen molar-refractivity contribution in [2.24, 2.45) is 0 Å². The Morgan fingerprint density at radius 2 is 0.470 bits per heavy atom. The number of hydrogen-bond donors (Lipinski definition) is 0. The lowest BCUT2D eigenvalue weighted by atomic mass is 10.1. The minimum absolute atomic E-state index is 0.0868. The first-order valence-corrected chi connectivity index (χ1v) is 35.0. The molecule has 0 aromatic heterocycles. The normalized spacial score (nSPS) is 12.9. The highest BCUT2D eigenvalue weighted by atomic mass is 16.6. The smallest absolute Gasteiger partial charge is 0.306 e. The molecule has 0 spiro atoms.